The average Bonchev–Trinajstić information content (AvgIpc) is 3.24. The van der Waals surface area contributed by atoms with Gasteiger partial charge in [0.15, 0.2) is 17.3 Å². The van der Waals surface area contributed by atoms with E-state index in [0.717, 1.165) is 42.9 Å². The van der Waals surface area contributed by atoms with Crippen molar-refractivity contribution in [2.75, 3.05) is 5.32 Å². The lowest BCUT2D eigenvalue weighted by atomic mass is 9.94. The highest BCUT2D eigenvalue weighted by Crippen LogP contribution is 2.46. The molecule has 1 aliphatic carbocycles. The fourth-order valence-electron chi connectivity index (χ4n) is 3.97. The van der Waals surface area contributed by atoms with Crippen LogP contribution in [0.2, 0.25) is 0 Å². The number of rotatable bonds is 4. The highest BCUT2D eigenvalue weighted by Gasteiger charge is 2.58. The first-order chi connectivity index (χ1) is 14.1. The maximum Gasteiger partial charge on any atom is 0.425 e. The van der Waals surface area contributed by atoms with E-state index in [-0.39, 0.29) is 5.69 Å². The first kappa shape index (κ1) is 20.5. The molecule has 1 unspecified atom stereocenters. The van der Waals surface area contributed by atoms with Crippen LogP contribution >= 0.6 is 0 Å². The molecule has 0 saturated heterocycles. The van der Waals surface area contributed by atoms with Crippen molar-refractivity contribution in [1.82, 2.24) is 9.55 Å². The van der Waals surface area contributed by atoms with Crippen molar-refractivity contribution in [3.8, 4) is 11.5 Å². The van der Waals surface area contributed by atoms with Gasteiger partial charge in [-0.3, -0.25) is 4.79 Å². The van der Waals surface area contributed by atoms with Gasteiger partial charge in [0, 0.05) is 44.0 Å². The predicted molar refractivity (Wildman–Crippen MR) is 99.9 cm³/mol. The number of carbonyl (C=O) groups excluding carboxylic acids is 1. The first-order valence-corrected chi connectivity index (χ1v) is 9.71. The van der Waals surface area contributed by atoms with Gasteiger partial charge in [-0.05, 0) is 25.0 Å². The number of fused-ring (bicyclic) bond motifs is 1. The molecule has 7 nitrogen and oxygen atoms in total. The normalized spacial score (nSPS) is 19.5. The van der Waals surface area contributed by atoms with Gasteiger partial charge < -0.3 is 24.5 Å². The Morgan fingerprint density at radius 1 is 1.23 bits per heavy atom. The molecular weight excluding hydrogens is 403 g/mol. The summed E-state index contributed by atoms with van der Waals surface area (Å²) in [7, 11) is 1.32. The standard InChI is InChI=1S/C20H22F3N3O4/c1-26-10-9-24-17(26)19(28,20(21,22)23)12-16(27)25-13-5-6-14-15(11-13)30-18(29-14)7-3-2-4-8-18/h5-6,9-11,28H,2-4,7-8,12H2,1H3,(H,25,27). The number of aromatic nitrogens is 2. The summed E-state index contributed by atoms with van der Waals surface area (Å²) < 4.78 is 53.8. The Morgan fingerprint density at radius 3 is 2.57 bits per heavy atom. The lowest BCUT2D eigenvalue weighted by molar-refractivity contribution is -0.270. The third-order valence-corrected chi connectivity index (χ3v) is 5.51. The molecule has 0 bridgehead atoms. The first-order valence-electron chi connectivity index (χ1n) is 9.71. The molecule has 2 N–H and O–H groups in total. The van der Waals surface area contributed by atoms with Crippen molar-refractivity contribution < 1.29 is 32.5 Å². The number of halogens is 3. The summed E-state index contributed by atoms with van der Waals surface area (Å²) >= 11 is 0. The number of hydrogen-bond donors (Lipinski definition) is 2. The monoisotopic (exact) mass is 425 g/mol. The smallest absolute Gasteiger partial charge is 0.425 e. The minimum Gasteiger partial charge on any atom is -0.448 e. The Labute approximate surface area is 170 Å². The second kappa shape index (κ2) is 7.19. The molecule has 4 rings (SSSR count). The van der Waals surface area contributed by atoms with Gasteiger partial charge in [0.05, 0.1) is 6.42 Å². The van der Waals surface area contributed by atoms with Gasteiger partial charge >= 0.3 is 6.18 Å². The van der Waals surface area contributed by atoms with Crippen molar-refractivity contribution in [2.24, 2.45) is 7.05 Å². The number of carbonyl (C=O) groups is 1. The summed E-state index contributed by atoms with van der Waals surface area (Å²) in [5, 5.41) is 12.7. The summed E-state index contributed by atoms with van der Waals surface area (Å²) in [6.45, 7) is 0. The van der Waals surface area contributed by atoms with E-state index in [0.29, 0.717) is 11.5 Å². The van der Waals surface area contributed by atoms with E-state index in [4.69, 9.17) is 9.47 Å². The molecule has 1 fully saturated rings. The summed E-state index contributed by atoms with van der Waals surface area (Å²) in [5.41, 5.74) is -3.17. The van der Waals surface area contributed by atoms with Crippen molar-refractivity contribution in [2.45, 2.75) is 56.1 Å². The topological polar surface area (TPSA) is 85.6 Å². The zero-order valence-corrected chi connectivity index (χ0v) is 16.3. The number of nitrogens with zero attached hydrogens (tertiary/aromatic N) is 2. The molecule has 0 radical (unpaired) electrons. The van der Waals surface area contributed by atoms with E-state index in [1.54, 1.807) is 6.07 Å². The quantitative estimate of drug-likeness (QED) is 0.782. The molecule has 1 aromatic carbocycles. The maximum atomic E-state index is 13.6. The fourth-order valence-corrected chi connectivity index (χ4v) is 3.97. The molecule has 2 heterocycles. The molecule has 1 saturated carbocycles. The number of hydrogen-bond acceptors (Lipinski definition) is 5. The maximum absolute atomic E-state index is 13.6. The van der Waals surface area contributed by atoms with Crippen molar-refractivity contribution >= 4 is 11.6 Å². The number of aliphatic hydroxyl groups is 1. The molecule has 1 spiro atoms. The average molecular weight is 425 g/mol. The van der Waals surface area contributed by atoms with Crippen LogP contribution in [0.4, 0.5) is 18.9 Å². The Hall–Kier alpha value is -2.75. The van der Waals surface area contributed by atoms with E-state index in [9.17, 15) is 23.1 Å². The molecule has 1 aliphatic heterocycles. The zero-order chi connectivity index (χ0) is 21.6. The minimum atomic E-state index is -5.09. The molecule has 1 aromatic heterocycles. The van der Waals surface area contributed by atoms with Crippen molar-refractivity contribution in [3.05, 3.63) is 36.4 Å². The molecular formula is C20H22F3N3O4. The summed E-state index contributed by atoms with van der Waals surface area (Å²) in [6, 6.07) is 4.66. The van der Waals surface area contributed by atoms with Gasteiger partial charge in [-0.1, -0.05) is 6.42 Å². The van der Waals surface area contributed by atoms with Crippen LogP contribution < -0.4 is 14.8 Å². The number of anilines is 1. The number of amides is 1. The van der Waals surface area contributed by atoms with Crippen LogP contribution in [0.15, 0.2) is 30.6 Å². The number of aryl methyl sites for hydroxylation is 1. The van der Waals surface area contributed by atoms with Gasteiger partial charge in [0.25, 0.3) is 5.79 Å². The third-order valence-electron chi connectivity index (χ3n) is 5.51. The molecule has 30 heavy (non-hydrogen) atoms. The number of ether oxygens (including phenoxy) is 2. The van der Waals surface area contributed by atoms with Crippen LogP contribution in [0.1, 0.15) is 44.3 Å². The SMILES string of the molecule is Cn1ccnc1C(O)(CC(=O)Nc1ccc2c(c1)OC1(CCCCC1)O2)C(F)(F)F. The minimum absolute atomic E-state index is 0.250. The van der Waals surface area contributed by atoms with E-state index in [2.05, 4.69) is 10.3 Å². The summed E-state index contributed by atoms with van der Waals surface area (Å²) in [5.74, 6) is -1.39. The zero-order valence-electron chi connectivity index (χ0n) is 16.3. The van der Waals surface area contributed by atoms with Crippen LogP contribution in [0.3, 0.4) is 0 Å². The Morgan fingerprint density at radius 2 is 1.93 bits per heavy atom. The molecule has 2 aliphatic rings. The number of nitrogens with one attached hydrogen (secondary N) is 1. The van der Waals surface area contributed by atoms with Gasteiger partial charge in [-0.2, -0.15) is 13.2 Å². The third kappa shape index (κ3) is 3.60. The molecule has 162 valence electrons. The van der Waals surface area contributed by atoms with Crippen LogP contribution in [-0.4, -0.2) is 32.5 Å². The molecule has 1 amide bonds. The van der Waals surface area contributed by atoms with Gasteiger partial charge in [-0.15, -0.1) is 0 Å². The largest absolute Gasteiger partial charge is 0.448 e. The highest BCUT2D eigenvalue weighted by molar-refractivity contribution is 5.92. The van der Waals surface area contributed by atoms with E-state index >= 15 is 0 Å². The van der Waals surface area contributed by atoms with Gasteiger partial charge in [0.2, 0.25) is 11.5 Å². The van der Waals surface area contributed by atoms with E-state index in [1.165, 1.54) is 25.4 Å². The summed E-state index contributed by atoms with van der Waals surface area (Å²) in [4.78, 5) is 16.0. The van der Waals surface area contributed by atoms with E-state index < -0.39 is 35.7 Å². The lowest BCUT2D eigenvalue weighted by Crippen LogP contribution is -2.46. The molecule has 1 atom stereocenters. The number of imidazole rings is 1. The van der Waals surface area contributed by atoms with Gasteiger partial charge in [0.1, 0.15) is 0 Å². The Bertz CT molecular complexity index is 953. The van der Waals surface area contributed by atoms with Crippen molar-refractivity contribution in [3.63, 3.8) is 0 Å². The molecule has 10 heteroatoms. The number of alkyl halides is 3. The van der Waals surface area contributed by atoms with Crippen LogP contribution in [0, 0.1) is 0 Å². The second-order valence-corrected chi connectivity index (χ2v) is 7.78. The van der Waals surface area contributed by atoms with Crippen LogP contribution in [-0.2, 0) is 17.4 Å². The van der Waals surface area contributed by atoms with Crippen LogP contribution in [0.5, 0.6) is 11.5 Å². The Kier molecular flexibility index (Phi) is 4.92. The fraction of sp³-hybridized carbons (Fsp3) is 0.500. The Balaban J connectivity index is 1.50. The number of benzene rings is 1. The predicted octanol–water partition coefficient (Wildman–Crippen LogP) is 3.63. The van der Waals surface area contributed by atoms with Crippen LogP contribution in [0.25, 0.3) is 0 Å². The summed E-state index contributed by atoms with van der Waals surface area (Å²) in [6.07, 6.45) is 0.667. The molecule has 2 aromatic rings. The van der Waals surface area contributed by atoms with E-state index in [1.807, 2.05) is 0 Å². The van der Waals surface area contributed by atoms with Crippen molar-refractivity contribution in [1.29, 1.82) is 0 Å². The lowest BCUT2D eigenvalue weighted by Gasteiger charge is -2.31. The van der Waals surface area contributed by atoms with Gasteiger partial charge in [-0.25, -0.2) is 4.98 Å². The second-order valence-electron chi connectivity index (χ2n) is 7.78. The highest BCUT2D eigenvalue weighted by atomic mass is 19.4.